The van der Waals surface area contributed by atoms with E-state index in [2.05, 4.69) is 41.4 Å². The van der Waals surface area contributed by atoms with Crippen molar-refractivity contribution < 1.29 is 0 Å². The fourth-order valence-corrected chi connectivity index (χ4v) is 2.54. The highest BCUT2D eigenvalue weighted by Crippen LogP contribution is 2.06. The monoisotopic (exact) mass is 246 g/mol. The second kappa shape index (κ2) is 7.55. The van der Waals surface area contributed by atoms with Crippen LogP contribution in [0, 0.1) is 6.92 Å². The van der Waals surface area contributed by atoms with Gasteiger partial charge in [0.25, 0.3) is 0 Å². The van der Waals surface area contributed by atoms with Gasteiger partial charge in [0.15, 0.2) is 0 Å². The number of nitrogens with one attached hydrogen (secondary N) is 1. The van der Waals surface area contributed by atoms with Gasteiger partial charge in [0.2, 0.25) is 0 Å². The van der Waals surface area contributed by atoms with Crippen molar-refractivity contribution in [2.75, 3.05) is 32.7 Å². The van der Waals surface area contributed by atoms with Gasteiger partial charge in [-0.2, -0.15) is 0 Å². The molecule has 1 aliphatic heterocycles. The van der Waals surface area contributed by atoms with Crippen LogP contribution < -0.4 is 5.32 Å². The van der Waals surface area contributed by atoms with Crippen molar-refractivity contribution in [3.05, 3.63) is 35.4 Å². The zero-order valence-corrected chi connectivity index (χ0v) is 11.6. The summed E-state index contributed by atoms with van der Waals surface area (Å²) in [5.74, 6) is 0. The zero-order chi connectivity index (χ0) is 12.6. The molecule has 0 unspecified atom stereocenters. The van der Waals surface area contributed by atoms with E-state index in [9.17, 15) is 0 Å². The molecule has 18 heavy (non-hydrogen) atoms. The van der Waals surface area contributed by atoms with Crippen LogP contribution >= 0.6 is 0 Å². The minimum atomic E-state index is 1.14. The van der Waals surface area contributed by atoms with Gasteiger partial charge in [0.05, 0.1) is 0 Å². The molecule has 1 N–H and O–H groups in total. The Bertz CT molecular complexity index is 325. The van der Waals surface area contributed by atoms with Crippen LogP contribution in [0.1, 0.15) is 30.4 Å². The smallest absolute Gasteiger partial charge is 0.0107 e. The Balaban J connectivity index is 1.49. The molecule has 0 spiro atoms. The molecule has 0 aliphatic carbocycles. The zero-order valence-electron chi connectivity index (χ0n) is 11.6. The summed E-state index contributed by atoms with van der Waals surface area (Å²) in [6.45, 7) is 8.28. The summed E-state index contributed by atoms with van der Waals surface area (Å²) in [6.07, 6.45) is 5.22. The van der Waals surface area contributed by atoms with Crippen LogP contribution in [0.5, 0.6) is 0 Å². The molecular formula is C16H26N2. The second-order valence-corrected chi connectivity index (χ2v) is 5.39. The van der Waals surface area contributed by atoms with Crippen LogP contribution in [-0.4, -0.2) is 37.6 Å². The van der Waals surface area contributed by atoms with E-state index in [1.165, 1.54) is 56.4 Å². The summed E-state index contributed by atoms with van der Waals surface area (Å²) in [5.41, 5.74) is 2.81. The van der Waals surface area contributed by atoms with Gasteiger partial charge < -0.3 is 10.2 Å². The Morgan fingerprint density at radius 2 is 1.78 bits per heavy atom. The van der Waals surface area contributed by atoms with Gasteiger partial charge in [-0.05, 0) is 57.8 Å². The van der Waals surface area contributed by atoms with Gasteiger partial charge in [-0.15, -0.1) is 0 Å². The highest BCUT2D eigenvalue weighted by Gasteiger charge is 2.09. The number of hydrogen-bond donors (Lipinski definition) is 1. The quantitative estimate of drug-likeness (QED) is 0.744. The lowest BCUT2D eigenvalue weighted by atomic mass is 10.1. The normalized spacial score (nSPS) is 16.3. The molecule has 2 rings (SSSR count). The van der Waals surface area contributed by atoms with E-state index >= 15 is 0 Å². The molecule has 0 amide bonds. The lowest BCUT2D eigenvalue weighted by molar-refractivity contribution is 0.336. The van der Waals surface area contributed by atoms with E-state index in [0.717, 1.165) is 13.1 Å². The van der Waals surface area contributed by atoms with Crippen molar-refractivity contribution in [3.8, 4) is 0 Å². The topological polar surface area (TPSA) is 15.3 Å². The Labute approximate surface area is 111 Å². The first-order valence-electron chi connectivity index (χ1n) is 7.33. The van der Waals surface area contributed by atoms with Crippen molar-refractivity contribution in [1.29, 1.82) is 0 Å². The maximum atomic E-state index is 3.55. The van der Waals surface area contributed by atoms with Crippen molar-refractivity contribution in [1.82, 2.24) is 10.2 Å². The van der Waals surface area contributed by atoms with Crippen LogP contribution in [0.2, 0.25) is 0 Å². The standard InChI is InChI=1S/C16H26N2/c1-15-6-8-16(9-7-15)5-4-10-17-11-14-18-12-2-3-13-18/h6-9,17H,2-5,10-14H2,1H3. The van der Waals surface area contributed by atoms with Crippen molar-refractivity contribution in [3.63, 3.8) is 0 Å². The van der Waals surface area contributed by atoms with E-state index < -0.39 is 0 Å². The summed E-state index contributed by atoms with van der Waals surface area (Å²) >= 11 is 0. The molecule has 100 valence electrons. The van der Waals surface area contributed by atoms with Crippen LogP contribution in [0.25, 0.3) is 0 Å². The number of aryl methyl sites for hydroxylation is 2. The van der Waals surface area contributed by atoms with Gasteiger partial charge >= 0.3 is 0 Å². The molecule has 0 saturated carbocycles. The van der Waals surface area contributed by atoms with Gasteiger partial charge in [-0.1, -0.05) is 29.8 Å². The maximum absolute atomic E-state index is 3.55. The largest absolute Gasteiger partial charge is 0.315 e. The first-order chi connectivity index (χ1) is 8.84. The number of nitrogens with zero attached hydrogens (tertiary/aromatic N) is 1. The number of rotatable bonds is 7. The number of likely N-dealkylation sites (tertiary alicyclic amines) is 1. The fraction of sp³-hybridized carbons (Fsp3) is 0.625. The van der Waals surface area contributed by atoms with E-state index in [-0.39, 0.29) is 0 Å². The number of hydrogen-bond acceptors (Lipinski definition) is 2. The summed E-state index contributed by atoms with van der Waals surface area (Å²) in [4.78, 5) is 2.56. The Morgan fingerprint density at radius 1 is 1.06 bits per heavy atom. The third-order valence-electron chi connectivity index (χ3n) is 3.74. The van der Waals surface area contributed by atoms with Gasteiger partial charge in [-0.25, -0.2) is 0 Å². The average molecular weight is 246 g/mol. The molecule has 0 bridgehead atoms. The van der Waals surface area contributed by atoms with E-state index in [4.69, 9.17) is 0 Å². The third kappa shape index (κ3) is 4.79. The highest BCUT2D eigenvalue weighted by molar-refractivity contribution is 5.21. The van der Waals surface area contributed by atoms with Crippen LogP contribution in [-0.2, 0) is 6.42 Å². The van der Waals surface area contributed by atoms with Gasteiger partial charge in [0.1, 0.15) is 0 Å². The Kier molecular flexibility index (Phi) is 5.69. The molecule has 1 saturated heterocycles. The highest BCUT2D eigenvalue weighted by atomic mass is 15.1. The molecule has 1 fully saturated rings. The first-order valence-corrected chi connectivity index (χ1v) is 7.33. The van der Waals surface area contributed by atoms with Crippen LogP contribution in [0.15, 0.2) is 24.3 Å². The summed E-state index contributed by atoms with van der Waals surface area (Å²) in [5, 5.41) is 3.55. The predicted molar refractivity (Wildman–Crippen MR) is 78.0 cm³/mol. The van der Waals surface area contributed by atoms with Crippen molar-refractivity contribution in [2.45, 2.75) is 32.6 Å². The molecule has 0 radical (unpaired) electrons. The van der Waals surface area contributed by atoms with Crippen molar-refractivity contribution >= 4 is 0 Å². The lowest BCUT2D eigenvalue weighted by Crippen LogP contribution is -2.30. The first kappa shape index (κ1) is 13.6. The van der Waals surface area contributed by atoms with Gasteiger partial charge in [-0.3, -0.25) is 0 Å². The van der Waals surface area contributed by atoms with Gasteiger partial charge in [0, 0.05) is 13.1 Å². The summed E-state index contributed by atoms with van der Waals surface area (Å²) < 4.78 is 0. The second-order valence-electron chi connectivity index (χ2n) is 5.39. The molecule has 2 heteroatoms. The SMILES string of the molecule is Cc1ccc(CCCNCCN2CCCC2)cc1. The van der Waals surface area contributed by atoms with Crippen molar-refractivity contribution in [2.24, 2.45) is 0 Å². The molecule has 1 aromatic rings. The lowest BCUT2D eigenvalue weighted by Gasteiger charge is -2.14. The number of benzene rings is 1. The summed E-state index contributed by atoms with van der Waals surface area (Å²) in [6, 6.07) is 8.91. The molecule has 1 aliphatic rings. The summed E-state index contributed by atoms with van der Waals surface area (Å²) in [7, 11) is 0. The molecular weight excluding hydrogens is 220 g/mol. The molecule has 2 nitrogen and oxygen atoms in total. The Hall–Kier alpha value is -0.860. The predicted octanol–water partition coefficient (Wildman–Crippen LogP) is 2.61. The molecule has 1 aromatic carbocycles. The fourth-order valence-electron chi connectivity index (χ4n) is 2.54. The minimum Gasteiger partial charge on any atom is -0.315 e. The third-order valence-corrected chi connectivity index (χ3v) is 3.74. The van der Waals surface area contributed by atoms with Crippen LogP contribution in [0.3, 0.4) is 0 Å². The minimum absolute atomic E-state index is 1.14. The van der Waals surface area contributed by atoms with Crippen LogP contribution in [0.4, 0.5) is 0 Å². The van der Waals surface area contributed by atoms with E-state index in [1.54, 1.807) is 0 Å². The molecule has 0 aromatic heterocycles. The molecule has 0 atom stereocenters. The van der Waals surface area contributed by atoms with E-state index in [0.29, 0.717) is 0 Å². The molecule has 1 heterocycles. The Morgan fingerprint density at radius 3 is 2.50 bits per heavy atom. The maximum Gasteiger partial charge on any atom is 0.0107 e. The van der Waals surface area contributed by atoms with E-state index in [1.807, 2.05) is 0 Å². The average Bonchev–Trinajstić information content (AvgIpc) is 2.89.